The molecule has 1 aromatic carbocycles. The molecule has 0 bridgehead atoms. The van der Waals surface area contributed by atoms with Crippen LogP contribution in [0.5, 0.6) is 0 Å². The van der Waals surface area contributed by atoms with Gasteiger partial charge in [0, 0.05) is 12.7 Å². The number of rotatable bonds is 6. The maximum Gasteiger partial charge on any atom is 0.270 e. The molecule has 0 aliphatic heterocycles. The zero-order valence-corrected chi connectivity index (χ0v) is 14.2. The van der Waals surface area contributed by atoms with E-state index in [1.807, 2.05) is 4.72 Å². The number of nitrogens with one attached hydrogen (secondary N) is 1. The number of aryl methyl sites for hydroxylation is 1. The molecule has 0 unspecified atom stereocenters. The Labute approximate surface area is 138 Å². The van der Waals surface area contributed by atoms with E-state index in [1.54, 1.807) is 0 Å². The second-order valence-electron chi connectivity index (χ2n) is 5.21. The Balaban J connectivity index is 2.34. The number of hydrogen-bond acceptors (Lipinski definition) is 6. The van der Waals surface area contributed by atoms with Crippen LogP contribution in [-0.4, -0.2) is 38.4 Å². The number of amides is 1. The van der Waals surface area contributed by atoms with E-state index in [0.717, 1.165) is 0 Å². The first-order valence-electron chi connectivity index (χ1n) is 7.03. The molecule has 24 heavy (non-hydrogen) atoms. The van der Waals surface area contributed by atoms with Crippen LogP contribution in [0.3, 0.4) is 0 Å². The van der Waals surface area contributed by atoms with Crippen molar-refractivity contribution in [2.45, 2.75) is 19.1 Å². The highest BCUT2D eigenvalue weighted by Crippen LogP contribution is 2.25. The van der Waals surface area contributed by atoms with Gasteiger partial charge in [0.25, 0.3) is 5.91 Å². The van der Waals surface area contributed by atoms with Crippen LogP contribution < -0.4 is 4.72 Å². The van der Waals surface area contributed by atoms with E-state index in [9.17, 15) is 17.6 Å². The zero-order valence-electron chi connectivity index (χ0n) is 13.4. The van der Waals surface area contributed by atoms with Crippen LogP contribution in [-0.2, 0) is 14.8 Å². The summed E-state index contributed by atoms with van der Waals surface area (Å²) in [6, 6.07) is 5.26. The second kappa shape index (κ2) is 7.10. The normalized spacial score (nSPS) is 12.8. The van der Waals surface area contributed by atoms with Crippen molar-refractivity contribution in [3.63, 3.8) is 0 Å². The fourth-order valence-corrected chi connectivity index (χ4v) is 2.93. The van der Waals surface area contributed by atoms with Crippen molar-refractivity contribution in [2.24, 2.45) is 0 Å². The SMILES string of the molecule is COC[C@H](C)S(=O)(=O)NC(=O)c1c(-c2ccc(F)cc2)noc1C. The molecule has 0 radical (unpaired) electrons. The number of ether oxygens (including phenoxy) is 1. The molecular weight excluding hydrogens is 339 g/mol. The largest absolute Gasteiger partial charge is 0.383 e. The minimum atomic E-state index is -3.92. The molecule has 0 saturated carbocycles. The van der Waals surface area contributed by atoms with Crippen LogP contribution in [0.15, 0.2) is 28.8 Å². The maximum atomic E-state index is 13.0. The van der Waals surface area contributed by atoms with Gasteiger partial charge >= 0.3 is 0 Å². The van der Waals surface area contributed by atoms with E-state index in [4.69, 9.17) is 9.26 Å². The van der Waals surface area contributed by atoms with E-state index in [0.29, 0.717) is 5.56 Å². The molecule has 7 nitrogen and oxygen atoms in total. The molecule has 1 amide bonds. The zero-order chi connectivity index (χ0) is 17.9. The molecular formula is C15H17FN2O5S. The summed E-state index contributed by atoms with van der Waals surface area (Å²) in [4.78, 5) is 12.4. The molecule has 9 heteroatoms. The van der Waals surface area contributed by atoms with Gasteiger partial charge in [0.15, 0.2) is 0 Å². The first-order valence-corrected chi connectivity index (χ1v) is 8.58. The average molecular weight is 356 g/mol. The summed E-state index contributed by atoms with van der Waals surface area (Å²) in [5, 5.41) is 2.85. The van der Waals surface area contributed by atoms with Crippen molar-refractivity contribution in [1.29, 1.82) is 0 Å². The van der Waals surface area contributed by atoms with Crippen LogP contribution in [0, 0.1) is 12.7 Å². The summed E-state index contributed by atoms with van der Waals surface area (Å²) >= 11 is 0. The first-order chi connectivity index (χ1) is 11.3. The smallest absolute Gasteiger partial charge is 0.270 e. The highest BCUT2D eigenvalue weighted by atomic mass is 32.2. The van der Waals surface area contributed by atoms with Crippen LogP contribution in [0.1, 0.15) is 23.0 Å². The lowest BCUT2D eigenvalue weighted by Crippen LogP contribution is -2.39. The lowest BCUT2D eigenvalue weighted by Gasteiger charge is -2.13. The third-order valence-electron chi connectivity index (χ3n) is 3.37. The van der Waals surface area contributed by atoms with Crippen LogP contribution in [0.25, 0.3) is 11.3 Å². The minimum Gasteiger partial charge on any atom is -0.383 e. The van der Waals surface area contributed by atoms with Gasteiger partial charge in [0.2, 0.25) is 10.0 Å². The van der Waals surface area contributed by atoms with Gasteiger partial charge in [0.1, 0.15) is 28.1 Å². The number of sulfonamides is 1. The molecule has 1 aromatic heterocycles. The fraction of sp³-hybridized carbons (Fsp3) is 0.333. The molecule has 0 spiro atoms. The summed E-state index contributed by atoms with van der Waals surface area (Å²) in [5.41, 5.74) is 0.551. The Hall–Kier alpha value is -2.26. The van der Waals surface area contributed by atoms with Gasteiger partial charge in [-0.3, -0.25) is 4.79 Å². The average Bonchev–Trinajstić information content (AvgIpc) is 2.89. The van der Waals surface area contributed by atoms with Crippen molar-refractivity contribution in [3.8, 4) is 11.3 Å². The maximum absolute atomic E-state index is 13.0. The number of halogens is 1. The predicted octanol–water partition coefficient (Wildman–Crippen LogP) is 1.88. The lowest BCUT2D eigenvalue weighted by molar-refractivity contribution is 0.0979. The van der Waals surface area contributed by atoms with Gasteiger partial charge in [-0.25, -0.2) is 17.5 Å². The number of carbonyl (C=O) groups excluding carboxylic acids is 1. The molecule has 0 aliphatic carbocycles. The molecule has 0 fully saturated rings. The van der Waals surface area contributed by atoms with Gasteiger partial charge in [-0.1, -0.05) is 5.16 Å². The van der Waals surface area contributed by atoms with Crippen molar-refractivity contribution in [2.75, 3.05) is 13.7 Å². The highest BCUT2D eigenvalue weighted by Gasteiger charge is 2.28. The number of nitrogens with zero attached hydrogens (tertiary/aromatic N) is 1. The summed E-state index contributed by atoms with van der Waals surface area (Å²) in [6.45, 7) is 2.84. The number of aromatic nitrogens is 1. The van der Waals surface area contributed by atoms with Crippen LogP contribution in [0.2, 0.25) is 0 Å². The Morgan fingerprint density at radius 1 is 1.38 bits per heavy atom. The molecule has 0 saturated heterocycles. The fourth-order valence-electron chi connectivity index (χ4n) is 2.05. The van der Waals surface area contributed by atoms with Crippen molar-refractivity contribution >= 4 is 15.9 Å². The summed E-state index contributed by atoms with van der Waals surface area (Å²) in [6.07, 6.45) is 0. The number of carbonyl (C=O) groups is 1. The van der Waals surface area contributed by atoms with Crippen molar-refractivity contribution in [3.05, 3.63) is 41.4 Å². The number of benzene rings is 1. The molecule has 1 N–H and O–H groups in total. The van der Waals surface area contributed by atoms with Gasteiger partial charge < -0.3 is 9.26 Å². The van der Waals surface area contributed by atoms with Gasteiger partial charge in [-0.15, -0.1) is 0 Å². The van der Waals surface area contributed by atoms with Crippen LogP contribution in [0.4, 0.5) is 4.39 Å². The quantitative estimate of drug-likeness (QED) is 0.849. The third-order valence-corrected chi connectivity index (χ3v) is 5.04. The molecule has 0 aliphatic rings. The summed E-state index contributed by atoms with van der Waals surface area (Å²) in [7, 11) is -2.56. The standard InChI is InChI=1S/C15H17FN2O5S/c1-9(8-22-3)24(20,21)18-15(19)13-10(2)23-17-14(13)11-4-6-12(16)7-5-11/h4-7,9H,8H2,1-3H3,(H,18,19)/t9-/m0/s1. The lowest BCUT2D eigenvalue weighted by atomic mass is 10.1. The Morgan fingerprint density at radius 3 is 2.58 bits per heavy atom. The molecule has 130 valence electrons. The van der Waals surface area contributed by atoms with E-state index in [2.05, 4.69) is 5.16 Å². The minimum absolute atomic E-state index is 0.0187. The van der Waals surface area contributed by atoms with E-state index in [-0.39, 0.29) is 23.6 Å². The van der Waals surface area contributed by atoms with Gasteiger partial charge in [-0.05, 0) is 38.1 Å². The topological polar surface area (TPSA) is 98.5 Å². The van der Waals surface area contributed by atoms with E-state index >= 15 is 0 Å². The van der Waals surface area contributed by atoms with Gasteiger partial charge in [-0.2, -0.15) is 0 Å². The first kappa shape index (κ1) is 18.1. The highest BCUT2D eigenvalue weighted by molar-refractivity contribution is 7.90. The summed E-state index contributed by atoms with van der Waals surface area (Å²) < 4.78 is 49.0. The van der Waals surface area contributed by atoms with Crippen LogP contribution >= 0.6 is 0 Å². The van der Waals surface area contributed by atoms with Crippen molar-refractivity contribution in [1.82, 2.24) is 9.88 Å². The Morgan fingerprint density at radius 2 is 2.00 bits per heavy atom. The van der Waals surface area contributed by atoms with Gasteiger partial charge in [0.05, 0.1) is 6.61 Å². The van der Waals surface area contributed by atoms with E-state index < -0.39 is 27.0 Å². The Kier molecular flexibility index (Phi) is 5.35. The number of methoxy groups -OCH3 is 1. The predicted molar refractivity (Wildman–Crippen MR) is 84.4 cm³/mol. The third kappa shape index (κ3) is 3.80. The number of hydrogen-bond donors (Lipinski definition) is 1. The monoisotopic (exact) mass is 356 g/mol. The second-order valence-corrected chi connectivity index (χ2v) is 7.31. The molecule has 2 aromatic rings. The molecule has 1 atom stereocenters. The summed E-state index contributed by atoms with van der Waals surface area (Å²) in [5.74, 6) is -1.15. The van der Waals surface area contributed by atoms with Crippen molar-refractivity contribution < 1.29 is 26.9 Å². The molecule has 2 rings (SSSR count). The van der Waals surface area contributed by atoms with E-state index in [1.165, 1.54) is 45.2 Å². The Bertz CT molecular complexity index is 830. The molecule has 1 heterocycles.